The molecule has 0 bridgehead atoms. The molecule has 0 radical (unpaired) electrons. The van der Waals surface area contributed by atoms with Crippen LogP contribution in [0.2, 0.25) is 0 Å². The smallest absolute Gasteiger partial charge is 0.230 e. The molecule has 4 rings (SSSR count). The van der Waals surface area contributed by atoms with E-state index in [-0.39, 0.29) is 11.9 Å². The second-order valence-corrected chi connectivity index (χ2v) is 8.33. The molecule has 0 saturated carbocycles. The van der Waals surface area contributed by atoms with Crippen LogP contribution in [0.4, 0.5) is 0 Å². The summed E-state index contributed by atoms with van der Waals surface area (Å²) in [6.07, 6.45) is 2.71. The van der Waals surface area contributed by atoms with E-state index >= 15 is 0 Å². The lowest BCUT2D eigenvalue weighted by Crippen LogP contribution is -2.41. The summed E-state index contributed by atoms with van der Waals surface area (Å²) in [6, 6.07) is 8.08. The minimum absolute atomic E-state index is 0.0381. The molecular weight excluding hydrogens is 348 g/mol. The summed E-state index contributed by atoms with van der Waals surface area (Å²) in [7, 11) is 1.68. The first kappa shape index (κ1) is 17.3. The van der Waals surface area contributed by atoms with Gasteiger partial charge in [0.15, 0.2) is 0 Å². The van der Waals surface area contributed by atoms with Crippen LogP contribution in [-0.4, -0.2) is 44.8 Å². The highest BCUT2D eigenvalue weighted by molar-refractivity contribution is 7.17. The lowest BCUT2D eigenvalue weighted by Gasteiger charge is -2.40. The van der Waals surface area contributed by atoms with Crippen molar-refractivity contribution in [2.24, 2.45) is 11.8 Å². The number of methoxy groups -OCH3 is 1. The van der Waals surface area contributed by atoms with Gasteiger partial charge in [0.2, 0.25) is 10.8 Å². The zero-order chi connectivity index (χ0) is 18.3. The minimum Gasteiger partial charge on any atom is -0.497 e. The monoisotopic (exact) mass is 372 g/mol. The Kier molecular flexibility index (Phi) is 4.58. The number of hydrogen-bond acceptors (Lipinski definition) is 6. The Labute approximate surface area is 157 Å². The van der Waals surface area contributed by atoms with Gasteiger partial charge in [-0.3, -0.25) is 4.90 Å². The molecule has 0 spiro atoms. The Bertz CT molecular complexity index is 896. The summed E-state index contributed by atoms with van der Waals surface area (Å²) in [6.45, 7) is 6.60. The maximum Gasteiger partial charge on any atom is 0.230 e. The standard InChI is InChI=1S/C19H24N4O2S/c1-12-7-13(2)10-22(9-12)16(14-5-4-6-15(8-14)25-3)17-18(24)23-19(26-17)20-11-21-23/h4-6,8,11-13,16,24H,7,9-10H2,1-3H3/t12-,13-,16-/m0/s1. The SMILES string of the molecule is COc1cccc([C@@H](c2sc3ncnn3c2O)N2C[C@@H](C)C[C@H](C)C2)c1. The van der Waals surface area contributed by atoms with Crippen LogP contribution in [-0.2, 0) is 0 Å². The number of rotatable bonds is 4. The number of fused-ring (bicyclic) bond motifs is 1. The lowest BCUT2D eigenvalue weighted by atomic mass is 9.89. The third-order valence-corrected chi connectivity index (χ3v) is 6.15. The zero-order valence-corrected chi connectivity index (χ0v) is 16.1. The van der Waals surface area contributed by atoms with E-state index in [4.69, 9.17) is 4.74 Å². The van der Waals surface area contributed by atoms with Crippen LogP contribution in [0.1, 0.15) is 36.8 Å². The van der Waals surface area contributed by atoms with Crippen LogP contribution < -0.4 is 4.74 Å². The van der Waals surface area contributed by atoms with Gasteiger partial charge in [0, 0.05) is 13.1 Å². The number of likely N-dealkylation sites (tertiary alicyclic amines) is 1. The van der Waals surface area contributed by atoms with E-state index < -0.39 is 0 Å². The van der Waals surface area contributed by atoms with Gasteiger partial charge >= 0.3 is 0 Å². The Balaban J connectivity index is 1.83. The average Bonchev–Trinajstić information content (AvgIpc) is 3.19. The van der Waals surface area contributed by atoms with Gasteiger partial charge in [0.1, 0.15) is 12.1 Å². The second kappa shape index (κ2) is 6.89. The van der Waals surface area contributed by atoms with Crippen LogP contribution in [0, 0.1) is 11.8 Å². The molecule has 1 aromatic carbocycles. The summed E-state index contributed by atoms with van der Waals surface area (Å²) in [5, 5.41) is 15.0. The van der Waals surface area contributed by atoms with E-state index in [1.807, 2.05) is 12.1 Å². The predicted molar refractivity (Wildman–Crippen MR) is 102 cm³/mol. The van der Waals surface area contributed by atoms with Crippen molar-refractivity contribution in [3.05, 3.63) is 41.0 Å². The first-order valence-electron chi connectivity index (χ1n) is 8.96. The third-order valence-electron chi connectivity index (χ3n) is 5.06. The molecule has 1 aliphatic heterocycles. The van der Waals surface area contributed by atoms with Gasteiger partial charge in [-0.1, -0.05) is 37.3 Å². The molecule has 26 heavy (non-hydrogen) atoms. The van der Waals surface area contributed by atoms with Gasteiger partial charge in [0.05, 0.1) is 18.0 Å². The van der Waals surface area contributed by atoms with E-state index in [1.54, 1.807) is 7.11 Å². The molecule has 3 heterocycles. The van der Waals surface area contributed by atoms with Crippen molar-refractivity contribution in [3.8, 4) is 11.6 Å². The molecule has 3 aromatic rings. The van der Waals surface area contributed by atoms with E-state index in [0.29, 0.717) is 16.8 Å². The fraction of sp³-hybridized carbons (Fsp3) is 0.474. The Morgan fingerprint density at radius 1 is 1.27 bits per heavy atom. The fourth-order valence-electron chi connectivity index (χ4n) is 4.13. The maximum atomic E-state index is 10.8. The van der Waals surface area contributed by atoms with E-state index in [1.165, 1.54) is 28.6 Å². The van der Waals surface area contributed by atoms with Crippen molar-refractivity contribution in [2.75, 3.05) is 20.2 Å². The molecule has 138 valence electrons. The normalized spacial score (nSPS) is 22.6. The highest BCUT2D eigenvalue weighted by atomic mass is 32.1. The van der Waals surface area contributed by atoms with Crippen LogP contribution in [0.25, 0.3) is 4.96 Å². The molecule has 2 aromatic heterocycles. The van der Waals surface area contributed by atoms with E-state index in [9.17, 15) is 5.11 Å². The number of hydrogen-bond donors (Lipinski definition) is 1. The molecule has 3 atom stereocenters. The summed E-state index contributed by atoms with van der Waals surface area (Å²) in [5.41, 5.74) is 1.12. The second-order valence-electron chi connectivity index (χ2n) is 7.32. The molecule has 6 nitrogen and oxygen atoms in total. The molecule has 0 amide bonds. The number of aromatic nitrogens is 3. The summed E-state index contributed by atoms with van der Waals surface area (Å²) < 4.78 is 6.95. The Hall–Kier alpha value is -2.12. The Morgan fingerprint density at radius 3 is 2.73 bits per heavy atom. The van der Waals surface area contributed by atoms with Crippen LogP contribution in [0.3, 0.4) is 0 Å². The van der Waals surface area contributed by atoms with Crippen LogP contribution >= 0.6 is 11.3 Å². The van der Waals surface area contributed by atoms with Crippen molar-refractivity contribution in [1.29, 1.82) is 0 Å². The number of thiazole rings is 1. The highest BCUT2D eigenvalue weighted by Crippen LogP contribution is 2.42. The highest BCUT2D eigenvalue weighted by Gasteiger charge is 2.33. The third kappa shape index (κ3) is 3.05. The Morgan fingerprint density at radius 2 is 2.04 bits per heavy atom. The lowest BCUT2D eigenvalue weighted by molar-refractivity contribution is 0.111. The zero-order valence-electron chi connectivity index (χ0n) is 15.3. The summed E-state index contributed by atoms with van der Waals surface area (Å²) >= 11 is 1.50. The fourth-order valence-corrected chi connectivity index (χ4v) is 5.23. The quantitative estimate of drug-likeness (QED) is 0.758. The molecular formula is C19H24N4O2S. The van der Waals surface area contributed by atoms with Crippen LogP contribution in [0.15, 0.2) is 30.6 Å². The van der Waals surface area contributed by atoms with Crippen molar-refractivity contribution in [3.63, 3.8) is 0 Å². The van der Waals surface area contributed by atoms with Gasteiger partial charge in [-0.15, -0.1) is 0 Å². The van der Waals surface area contributed by atoms with Gasteiger partial charge < -0.3 is 9.84 Å². The molecule has 1 aliphatic rings. The first-order chi connectivity index (χ1) is 12.6. The summed E-state index contributed by atoms with van der Waals surface area (Å²) in [5.74, 6) is 2.25. The number of ether oxygens (including phenoxy) is 1. The van der Waals surface area contributed by atoms with Crippen molar-refractivity contribution >= 4 is 16.3 Å². The molecule has 1 saturated heterocycles. The first-order valence-corrected chi connectivity index (χ1v) is 9.78. The number of aromatic hydroxyl groups is 1. The largest absolute Gasteiger partial charge is 0.497 e. The molecule has 1 N–H and O–H groups in total. The van der Waals surface area contributed by atoms with Gasteiger partial charge in [-0.05, 0) is 36.0 Å². The molecule has 0 unspecified atom stereocenters. The molecule has 7 heteroatoms. The molecule has 1 fully saturated rings. The van der Waals surface area contributed by atoms with E-state index in [0.717, 1.165) is 29.3 Å². The minimum atomic E-state index is -0.0381. The molecule has 0 aliphatic carbocycles. The van der Waals surface area contributed by atoms with Crippen molar-refractivity contribution in [2.45, 2.75) is 26.3 Å². The summed E-state index contributed by atoms with van der Waals surface area (Å²) in [4.78, 5) is 8.32. The number of benzene rings is 1. The average molecular weight is 372 g/mol. The number of piperidine rings is 1. The van der Waals surface area contributed by atoms with Gasteiger partial charge in [-0.2, -0.15) is 9.61 Å². The van der Waals surface area contributed by atoms with E-state index in [2.05, 4.69) is 41.0 Å². The number of nitrogens with zero attached hydrogens (tertiary/aromatic N) is 4. The maximum absolute atomic E-state index is 10.8. The van der Waals surface area contributed by atoms with Crippen LogP contribution in [0.5, 0.6) is 11.6 Å². The van der Waals surface area contributed by atoms with Gasteiger partial charge in [-0.25, -0.2) is 4.98 Å². The van der Waals surface area contributed by atoms with Crippen molar-refractivity contribution in [1.82, 2.24) is 19.5 Å². The predicted octanol–water partition coefficient (Wildman–Crippen LogP) is 3.57. The topological polar surface area (TPSA) is 62.9 Å². The van der Waals surface area contributed by atoms with Crippen molar-refractivity contribution < 1.29 is 9.84 Å². The van der Waals surface area contributed by atoms with Gasteiger partial charge in [0.25, 0.3) is 0 Å².